The van der Waals surface area contributed by atoms with E-state index in [4.69, 9.17) is 25.5 Å². The molecule has 5 rings (SSSR count). The van der Waals surface area contributed by atoms with Crippen LogP contribution in [0.1, 0.15) is 0 Å². The van der Waals surface area contributed by atoms with Gasteiger partial charge in [0.15, 0.2) is 11.5 Å². The summed E-state index contributed by atoms with van der Waals surface area (Å²) in [5.74, 6) is 2.51. The van der Waals surface area contributed by atoms with Crippen molar-refractivity contribution in [3.05, 3.63) is 89.2 Å². The topological polar surface area (TPSA) is 68.9 Å². The van der Waals surface area contributed by atoms with E-state index in [-0.39, 0.29) is 0 Å². The second-order valence-electron chi connectivity index (χ2n) is 7.32. The van der Waals surface area contributed by atoms with E-state index in [0.717, 1.165) is 21.9 Å². The maximum atomic E-state index is 6.26. The fraction of sp³-hybridized carbons (Fsp3) is 0.0769. The molecule has 6 nitrogen and oxygen atoms in total. The van der Waals surface area contributed by atoms with Gasteiger partial charge in [-0.25, -0.2) is 4.98 Å². The molecular formula is C26H20ClN3O3. The lowest BCUT2D eigenvalue weighted by molar-refractivity contribution is 0.355. The molecule has 0 unspecified atom stereocenters. The number of methoxy groups -OCH3 is 2. The molecule has 0 spiro atoms. The number of hydrogen-bond donors (Lipinski definition) is 1. The number of hydrogen-bond acceptors (Lipinski definition) is 6. The third-order valence-electron chi connectivity index (χ3n) is 5.26. The number of anilines is 1. The van der Waals surface area contributed by atoms with E-state index in [9.17, 15) is 0 Å². The average molecular weight is 458 g/mol. The highest BCUT2D eigenvalue weighted by Crippen LogP contribution is 2.33. The van der Waals surface area contributed by atoms with Crippen molar-refractivity contribution in [2.24, 2.45) is 5.10 Å². The zero-order valence-electron chi connectivity index (χ0n) is 18.0. The number of rotatable bonds is 5. The lowest BCUT2D eigenvalue weighted by Gasteiger charge is -2.10. The maximum absolute atomic E-state index is 6.26. The Labute approximate surface area is 195 Å². The normalized spacial score (nSPS) is 11.7. The highest BCUT2D eigenvalue weighted by atomic mass is 35.5. The first-order chi connectivity index (χ1) is 16.1. The fourth-order valence-corrected chi connectivity index (χ4v) is 3.78. The number of ether oxygens (including phenoxy) is 2. The highest BCUT2D eigenvalue weighted by molar-refractivity contribution is 6.31. The van der Waals surface area contributed by atoms with Crippen molar-refractivity contribution in [1.29, 1.82) is 0 Å². The Morgan fingerprint density at radius 2 is 1.73 bits per heavy atom. The largest absolute Gasteiger partial charge is 0.493 e. The molecule has 0 saturated heterocycles. The average Bonchev–Trinajstić information content (AvgIpc) is 2.86. The molecule has 0 aliphatic carbocycles. The molecule has 0 aliphatic heterocycles. The van der Waals surface area contributed by atoms with Crippen LogP contribution in [0.25, 0.3) is 33.2 Å². The Balaban J connectivity index is 1.63. The molecule has 0 radical (unpaired) electrons. The molecule has 1 N–H and O–H groups in total. The molecule has 2 heterocycles. The van der Waals surface area contributed by atoms with Gasteiger partial charge < -0.3 is 13.9 Å². The fourth-order valence-electron chi connectivity index (χ4n) is 3.61. The van der Waals surface area contributed by atoms with Crippen LogP contribution in [-0.2, 0) is 0 Å². The van der Waals surface area contributed by atoms with Crippen LogP contribution in [0, 0.1) is 0 Å². The molecule has 164 valence electrons. The minimum Gasteiger partial charge on any atom is -0.493 e. The van der Waals surface area contributed by atoms with E-state index in [1.54, 1.807) is 20.3 Å². The summed E-state index contributed by atoms with van der Waals surface area (Å²) < 4.78 is 17.0. The smallest absolute Gasteiger partial charge is 0.161 e. The third kappa shape index (κ3) is 4.21. The molecule has 0 fully saturated rings. The van der Waals surface area contributed by atoms with E-state index < -0.39 is 0 Å². The predicted octanol–water partition coefficient (Wildman–Crippen LogP) is 6.25. The van der Waals surface area contributed by atoms with E-state index in [1.807, 2.05) is 72.8 Å². The van der Waals surface area contributed by atoms with Crippen LogP contribution >= 0.6 is 11.6 Å². The third-order valence-corrected chi connectivity index (χ3v) is 5.50. The SMILES string of the molecule is COc1ccc(-c2c/c(=N\Nc3ccc4ccccc4n3)c3cc(Cl)ccc3o2)cc1OC. The molecule has 0 atom stereocenters. The maximum Gasteiger partial charge on any atom is 0.161 e. The summed E-state index contributed by atoms with van der Waals surface area (Å²) in [4.78, 5) is 4.63. The van der Waals surface area contributed by atoms with Crippen molar-refractivity contribution in [3.63, 3.8) is 0 Å². The molecule has 0 saturated carbocycles. The second-order valence-corrected chi connectivity index (χ2v) is 7.76. The van der Waals surface area contributed by atoms with E-state index in [1.165, 1.54) is 0 Å². The summed E-state index contributed by atoms with van der Waals surface area (Å²) in [6.45, 7) is 0. The van der Waals surface area contributed by atoms with Crippen molar-refractivity contribution in [2.45, 2.75) is 0 Å². The van der Waals surface area contributed by atoms with Gasteiger partial charge in [0.05, 0.1) is 25.1 Å². The number of halogens is 1. The first kappa shape index (κ1) is 20.8. The van der Waals surface area contributed by atoms with Gasteiger partial charge in [0, 0.05) is 27.4 Å². The Morgan fingerprint density at radius 1 is 0.879 bits per heavy atom. The number of nitrogens with one attached hydrogen (secondary N) is 1. The zero-order chi connectivity index (χ0) is 22.8. The predicted molar refractivity (Wildman–Crippen MR) is 131 cm³/mol. The van der Waals surface area contributed by atoms with Gasteiger partial charge >= 0.3 is 0 Å². The Kier molecular flexibility index (Phi) is 5.59. The monoisotopic (exact) mass is 457 g/mol. The summed E-state index contributed by atoms with van der Waals surface area (Å²) in [7, 11) is 3.20. The van der Waals surface area contributed by atoms with Crippen LogP contribution in [0.15, 0.2) is 88.4 Å². The quantitative estimate of drug-likeness (QED) is 0.316. The minimum absolute atomic E-state index is 0.594. The summed E-state index contributed by atoms with van der Waals surface area (Å²) >= 11 is 6.26. The van der Waals surface area contributed by atoms with E-state index in [2.05, 4.69) is 15.5 Å². The molecule has 2 aromatic heterocycles. The van der Waals surface area contributed by atoms with Gasteiger partial charge in [-0.3, -0.25) is 5.43 Å². The van der Waals surface area contributed by atoms with Gasteiger partial charge in [0.2, 0.25) is 0 Å². The molecule has 0 amide bonds. The van der Waals surface area contributed by atoms with Crippen molar-refractivity contribution < 1.29 is 13.9 Å². The van der Waals surface area contributed by atoms with Gasteiger partial charge in [-0.1, -0.05) is 29.8 Å². The summed E-state index contributed by atoms with van der Waals surface area (Å²) in [5.41, 5.74) is 5.43. The molecule has 3 aromatic carbocycles. The van der Waals surface area contributed by atoms with Crippen LogP contribution < -0.4 is 20.3 Å². The van der Waals surface area contributed by atoms with Crippen molar-refractivity contribution in [2.75, 3.05) is 19.6 Å². The number of pyridine rings is 1. The van der Waals surface area contributed by atoms with Crippen LogP contribution in [0.5, 0.6) is 11.5 Å². The Morgan fingerprint density at radius 3 is 2.58 bits per heavy atom. The zero-order valence-corrected chi connectivity index (χ0v) is 18.8. The first-order valence-electron chi connectivity index (χ1n) is 10.3. The first-order valence-corrected chi connectivity index (χ1v) is 10.6. The summed E-state index contributed by atoms with van der Waals surface area (Å²) in [6.07, 6.45) is 0. The van der Waals surface area contributed by atoms with Gasteiger partial charge in [-0.2, -0.15) is 5.10 Å². The molecular weight excluding hydrogens is 438 g/mol. The Bertz CT molecular complexity index is 1550. The van der Waals surface area contributed by atoms with Crippen molar-refractivity contribution in [3.8, 4) is 22.8 Å². The standard InChI is InChI=1S/C26H20ClN3O3/c1-31-23-10-7-17(13-25(23)32-2)24-15-21(19-14-18(27)9-11-22(19)33-24)29-30-26-12-8-16-5-3-4-6-20(16)28-26/h3-15H,1-2H3,(H,28,30)/b29-21+. The van der Waals surface area contributed by atoms with Crippen molar-refractivity contribution in [1.82, 2.24) is 4.98 Å². The number of aromatic nitrogens is 1. The van der Waals surface area contributed by atoms with Crippen LogP contribution in [0.4, 0.5) is 5.82 Å². The molecule has 33 heavy (non-hydrogen) atoms. The molecule has 7 heteroatoms. The second kappa shape index (κ2) is 8.84. The lowest BCUT2D eigenvalue weighted by atomic mass is 10.1. The van der Waals surface area contributed by atoms with E-state index >= 15 is 0 Å². The number of para-hydroxylation sites is 1. The number of fused-ring (bicyclic) bond motifs is 2. The summed E-state index contributed by atoms with van der Waals surface area (Å²) in [6, 6.07) is 24.7. The van der Waals surface area contributed by atoms with Gasteiger partial charge in [-0.15, -0.1) is 0 Å². The number of benzene rings is 3. The van der Waals surface area contributed by atoms with E-state index in [0.29, 0.717) is 39.0 Å². The lowest BCUT2D eigenvalue weighted by Crippen LogP contribution is -2.08. The molecule has 0 aliphatic rings. The number of nitrogens with zero attached hydrogens (tertiary/aromatic N) is 2. The van der Waals surface area contributed by atoms with Crippen LogP contribution in [0.2, 0.25) is 5.02 Å². The summed E-state index contributed by atoms with van der Waals surface area (Å²) in [5, 5.41) is 7.73. The van der Waals surface area contributed by atoms with Crippen LogP contribution in [-0.4, -0.2) is 19.2 Å². The minimum atomic E-state index is 0.594. The van der Waals surface area contributed by atoms with Gasteiger partial charge in [0.25, 0.3) is 0 Å². The van der Waals surface area contributed by atoms with Crippen molar-refractivity contribution >= 4 is 39.3 Å². The highest BCUT2D eigenvalue weighted by Gasteiger charge is 2.11. The molecule has 5 aromatic rings. The van der Waals surface area contributed by atoms with Crippen LogP contribution in [0.3, 0.4) is 0 Å². The molecule has 0 bridgehead atoms. The Hall–Kier alpha value is -4.03. The van der Waals surface area contributed by atoms with Gasteiger partial charge in [-0.05, 0) is 54.6 Å². The van der Waals surface area contributed by atoms with Gasteiger partial charge in [0.1, 0.15) is 17.2 Å².